The van der Waals surface area contributed by atoms with Gasteiger partial charge in [-0.25, -0.2) is 4.98 Å². The largest absolute Gasteiger partial charge is 0.375 e. The number of amides is 1. The molecule has 0 saturated heterocycles. The number of aromatic nitrogens is 2. The number of ether oxygens (including phenoxy) is 1. The molecule has 1 amide bonds. The van der Waals surface area contributed by atoms with E-state index in [0.717, 1.165) is 22.4 Å². The quantitative estimate of drug-likeness (QED) is 0.712. The van der Waals surface area contributed by atoms with Gasteiger partial charge in [0, 0.05) is 17.2 Å². The zero-order chi connectivity index (χ0) is 17.8. The standard InChI is InChI=1S/C18H17Cl2N3O2/c1-25-11-18(24)21-9-17-22-15-4-2-3-5-16(15)23(17)10-12-6-7-13(19)8-14(12)20/h2-8H,9-11H2,1H3,(H,21,24). The Kier molecular flexibility index (Phi) is 5.58. The van der Waals surface area contributed by atoms with Crippen molar-refractivity contribution in [3.05, 3.63) is 63.9 Å². The number of carbonyl (C=O) groups is 1. The lowest BCUT2D eigenvalue weighted by atomic mass is 10.2. The SMILES string of the molecule is COCC(=O)NCc1nc2ccccc2n1Cc1ccc(Cl)cc1Cl. The first kappa shape index (κ1) is 17.7. The first-order valence-electron chi connectivity index (χ1n) is 7.72. The minimum atomic E-state index is -0.189. The van der Waals surface area contributed by atoms with Crippen molar-refractivity contribution in [1.82, 2.24) is 14.9 Å². The predicted octanol–water partition coefficient (Wildman–Crippen LogP) is 3.65. The van der Waals surface area contributed by atoms with Crippen LogP contribution in [0.1, 0.15) is 11.4 Å². The highest BCUT2D eigenvalue weighted by atomic mass is 35.5. The first-order chi connectivity index (χ1) is 12.1. The lowest BCUT2D eigenvalue weighted by Gasteiger charge is -2.12. The van der Waals surface area contributed by atoms with Crippen LogP contribution in [-0.4, -0.2) is 29.2 Å². The number of hydrogen-bond acceptors (Lipinski definition) is 3. The Hall–Kier alpha value is -2.08. The number of benzene rings is 2. The molecular formula is C18H17Cl2N3O2. The molecule has 0 aliphatic carbocycles. The van der Waals surface area contributed by atoms with Crippen LogP contribution >= 0.6 is 23.2 Å². The molecule has 130 valence electrons. The van der Waals surface area contributed by atoms with Gasteiger partial charge in [0.2, 0.25) is 5.91 Å². The highest BCUT2D eigenvalue weighted by molar-refractivity contribution is 6.35. The maximum atomic E-state index is 11.7. The van der Waals surface area contributed by atoms with E-state index in [9.17, 15) is 4.79 Å². The number of hydrogen-bond donors (Lipinski definition) is 1. The highest BCUT2D eigenvalue weighted by Crippen LogP contribution is 2.24. The van der Waals surface area contributed by atoms with Gasteiger partial charge in [0.25, 0.3) is 0 Å². The fourth-order valence-electron chi connectivity index (χ4n) is 2.62. The smallest absolute Gasteiger partial charge is 0.246 e. The van der Waals surface area contributed by atoms with Crippen LogP contribution in [0.15, 0.2) is 42.5 Å². The first-order valence-corrected chi connectivity index (χ1v) is 8.48. The monoisotopic (exact) mass is 377 g/mol. The third kappa shape index (κ3) is 4.12. The number of methoxy groups -OCH3 is 1. The molecule has 0 radical (unpaired) electrons. The Bertz CT molecular complexity index is 908. The van der Waals surface area contributed by atoms with Gasteiger partial charge >= 0.3 is 0 Å². The maximum absolute atomic E-state index is 11.7. The number of carbonyl (C=O) groups excluding carboxylic acids is 1. The van der Waals surface area contributed by atoms with Crippen LogP contribution in [0.2, 0.25) is 10.0 Å². The maximum Gasteiger partial charge on any atom is 0.246 e. The van der Waals surface area contributed by atoms with E-state index in [4.69, 9.17) is 27.9 Å². The number of para-hydroxylation sites is 2. The second-order valence-corrected chi connectivity index (χ2v) is 6.39. The molecule has 0 spiro atoms. The van der Waals surface area contributed by atoms with Gasteiger partial charge < -0.3 is 14.6 Å². The van der Waals surface area contributed by atoms with E-state index in [1.807, 2.05) is 41.0 Å². The van der Waals surface area contributed by atoms with Gasteiger partial charge in [-0.1, -0.05) is 41.4 Å². The van der Waals surface area contributed by atoms with E-state index in [0.29, 0.717) is 23.1 Å². The summed E-state index contributed by atoms with van der Waals surface area (Å²) in [6, 6.07) is 13.2. The van der Waals surface area contributed by atoms with E-state index >= 15 is 0 Å². The van der Waals surface area contributed by atoms with E-state index in [1.165, 1.54) is 7.11 Å². The average Bonchev–Trinajstić information content (AvgIpc) is 2.93. The zero-order valence-corrected chi connectivity index (χ0v) is 15.1. The van der Waals surface area contributed by atoms with Gasteiger partial charge in [-0.05, 0) is 29.8 Å². The summed E-state index contributed by atoms with van der Waals surface area (Å²) in [5, 5.41) is 4.00. The molecule has 2 aromatic carbocycles. The van der Waals surface area contributed by atoms with Gasteiger partial charge in [-0.3, -0.25) is 4.79 Å². The molecule has 0 unspecified atom stereocenters. The summed E-state index contributed by atoms with van der Waals surface area (Å²) < 4.78 is 6.87. The molecule has 0 aliphatic heterocycles. The van der Waals surface area contributed by atoms with E-state index in [-0.39, 0.29) is 12.5 Å². The van der Waals surface area contributed by atoms with Gasteiger partial charge in [0.1, 0.15) is 12.4 Å². The van der Waals surface area contributed by atoms with Crippen molar-refractivity contribution in [3.8, 4) is 0 Å². The topological polar surface area (TPSA) is 56.1 Å². The Morgan fingerprint density at radius 1 is 1.24 bits per heavy atom. The van der Waals surface area contributed by atoms with Crippen molar-refractivity contribution in [1.29, 1.82) is 0 Å². The third-order valence-corrected chi connectivity index (χ3v) is 4.38. The van der Waals surface area contributed by atoms with Crippen molar-refractivity contribution in [2.24, 2.45) is 0 Å². The summed E-state index contributed by atoms with van der Waals surface area (Å²) in [5.74, 6) is 0.558. The van der Waals surface area contributed by atoms with Crippen LogP contribution in [0.5, 0.6) is 0 Å². The fraction of sp³-hybridized carbons (Fsp3) is 0.222. The molecule has 5 nitrogen and oxygen atoms in total. The molecule has 3 rings (SSSR count). The number of nitrogens with zero attached hydrogens (tertiary/aromatic N) is 2. The fourth-order valence-corrected chi connectivity index (χ4v) is 3.09. The molecule has 1 heterocycles. The minimum absolute atomic E-state index is 0.0171. The van der Waals surface area contributed by atoms with Crippen LogP contribution in [0.4, 0.5) is 0 Å². The summed E-state index contributed by atoms with van der Waals surface area (Å²) in [6.07, 6.45) is 0. The molecule has 0 aliphatic rings. The molecule has 0 atom stereocenters. The lowest BCUT2D eigenvalue weighted by Crippen LogP contribution is -2.28. The molecule has 1 N–H and O–H groups in total. The second kappa shape index (κ2) is 7.87. The number of imidazole rings is 1. The minimum Gasteiger partial charge on any atom is -0.375 e. The average molecular weight is 378 g/mol. The summed E-state index contributed by atoms with van der Waals surface area (Å²) in [6.45, 7) is 0.858. The normalized spacial score (nSPS) is 11.0. The van der Waals surface area contributed by atoms with Crippen molar-refractivity contribution < 1.29 is 9.53 Å². The Morgan fingerprint density at radius 2 is 2.04 bits per heavy atom. The zero-order valence-electron chi connectivity index (χ0n) is 13.6. The molecule has 7 heteroatoms. The second-order valence-electron chi connectivity index (χ2n) is 5.55. The summed E-state index contributed by atoms with van der Waals surface area (Å²) >= 11 is 12.3. The number of halogens is 2. The van der Waals surface area contributed by atoms with Crippen molar-refractivity contribution in [2.45, 2.75) is 13.1 Å². The summed E-state index contributed by atoms with van der Waals surface area (Å²) in [7, 11) is 1.48. The van der Waals surface area contributed by atoms with Crippen LogP contribution < -0.4 is 5.32 Å². The van der Waals surface area contributed by atoms with Gasteiger partial charge in [0.05, 0.1) is 24.1 Å². The van der Waals surface area contributed by atoms with Crippen molar-refractivity contribution in [2.75, 3.05) is 13.7 Å². The van der Waals surface area contributed by atoms with Gasteiger partial charge in [-0.15, -0.1) is 0 Å². The predicted molar refractivity (Wildman–Crippen MR) is 99.0 cm³/mol. The molecule has 0 bridgehead atoms. The molecule has 1 aromatic heterocycles. The Morgan fingerprint density at radius 3 is 2.80 bits per heavy atom. The van der Waals surface area contributed by atoms with Crippen LogP contribution in [-0.2, 0) is 22.6 Å². The highest BCUT2D eigenvalue weighted by Gasteiger charge is 2.13. The van der Waals surface area contributed by atoms with Crippen molar-refractivity contribution in [3.63, 3.8) is 0 Å². The molecule has 0 saturated carbocycles. The molecule has 0 fully saturated rings. The van der Waals surface area contributed by atoms with Crippen molar-refractivity contribution >= 4 is 40.1 Å². The third-order valence-electron chi connectivity index (χ3n) is 3.80. The van der Waals surface area contributed by atoms with Crippen LogP contribution in [0, 0.1) is 0 Å². The molecule has 3 aromatic rings. The van der Waals surface area contributed by atoms with E-state index < -0.39 is 0 Å². The van der Waals surface area contributed by atoms with Crippen LogP contribution in [0.3, 0.4) is 0 Å². The van der Waals surface area contributed by atoms with Gasteiger partial charge in [0.15, 0.2) is 0 Å². The Balaban J connectivity index is 1.94. The summed E-state index contributed by atoms with van der Waals surface area (Å²) in [5.41, 5.74) is 2.77. The van der Waals surface area contributed by atoms with E-state index in [2.05, 4.69) is 10.3 Å². The van der Waals surface area contributed by atoms with Crippen LogP contribution in [0.25, 0.3) is 11.0 Å². The number of nitrogens with one attached hydrogen (secondary N) is 1. The molecular weight excluding hydrogens is 361 g/mol. The van der Waals surface area contributed by atoms with Gasteiger partial charge in [-0.2, -0.15) is 0 Å². The molecule has 25 heavy (non-hydrogen) atoms. The van der Waals surface area contributed by atoms with E-state index in [1.54, 1.807) is 6.07 Å². The number of fused-ring (bicyclic) bond motifs is 1. The number of rotatable bonds is 6. The Labute approximate surface area is 155 Å². The summed E-state index contributed by atoms with van der Waals surface area (Å²) in [4.78, 5) is 16.3. The lowest BCUT2D eigenvalue weighted by molar-refractivity contribution is -0.124.